The van der Waals surface area contributed by atoms with Crippen molar-refractivity contribution in [1.82, 2.24) is 19.7 Å². The van der Waals surface area contributed by atoms with Crippen molar-refractivity contribution in [2.45, 2.75) is 32.6 Å². The Bertz CT molecular complexity index is 888. The molecule has 0 spiro atoms. The first-order valence-electron chi connectivity index (χ1n) is 7.95. The number of halogens is 2. The molecule has 0 aliphatic carbocycles. The Kier molecular flexibility index (Phi) is 4.42. The first-order valence-corrected chi connectivity index (χ1v) is 7.95. The number of anilines is 1. The van der Waals surface area contributed by atoms with Gasteiger partial charge in [0.1, 0.15) is 5.82 Å². The van der Waals surface area contributed by atoms with E-state index in [9.17, 15) is 8.78 Å². The second-order valence-corrected chi connectivity index (χ2v) is 5.80. The normalized spacial score (nSPS) is 11.3. The van der Waals surface area contributed by atoms with Gasteiger partial charge in [-0.1, -0.05) is 25.8 Å². The van der Waals surface area contributed by atoms with Crippen molar-refractivity contribution in [3.05, 3.63) is 35.5 Å². The molecule has 0 aliphatic heterocycles. The fourth-order valence-electron chi connectivity index (χ4n) is 2.69. The molecule has 2 N–H and O–H groups in total. The standard InChI is InChI=1S/C17H19F2N5/c1-3-4-5-6-10-7-8-11(14(19)13(10)18)16-22-15(20)12-9-21-24(2)17(12)23-16/h7-9H,3-6H2,1-2H3,(H2,20,22,23). The molecule has 0 radical (unpaired) electrons. The van der Waals surface area contributed by atoms with Crippen LogP contribution >= 0.6 is 0 Å². The van der Waals surface area contributed by atoms with Crippen LogP contribution in [0.25, 0.3) is 22.4 Å². The predicted molar refractivity (Wildman–Crippen MR) is 89.3 cm³/mol. The summed E-state index contributed by atoms with van der Waals surface area (Å²) >= 11 is 0. The lowest BCUT2D eigenvalue weighted by molar-refractivity contribution is 0.498. The van der Waals surface area contributed by atoms with Crippen molar-refractivity contribution in [2.75, 3.05) is 5.73 Å². The summed E-state index contributed by atoms with van der Waals surface area (Å²) in [6.45, 7) is 2.07. The fraction of sp³-hybridized carbons (Fsp3) is 0.353. The first kappa shape index (κ1) is 16.3. The van der Waals surface area contributed by atoms with Crippen LogP contribution in [0.3, 0.4) is 0 Å². The van der Waals surface area contributed by atoms with Gasteiger partial charge in [-0.05, 0) is 24.5 Å². The third-order valence-corrected chi connectivity index (χ3v) is 4.07. The number of nitrogen functional groups attached to an aromatic ring is 1. The van der Waals surface area contributed by atoms with Crippen LogP contribution in [0.15, 0.2) is 18.3 Å². The number of rotatable bonds is 5. The van der Waals surface area contributed by atoms with E-state index in [0.29, 0.717) is 23.0 Å². The molecule has 126 valence electrons. The monoisotopic (exact) mass is 331 g/mol. The van der Waals surface area contributed by atoms with E-state index < -0.39 is 11.6 Å². The molecule has 0 atom stereocenters. The van der Waals surface area contributed by atoms with E-state index in [2.05, 4.69) is 22.0 Å². The zero-order chi connectivity index (χ0) is 17.3. The first-order chi connectivity index (χ1) is 11.5. The molecule has 2 heterocycles. The molecule has 0 saturated carbocycles. The molecule has 0 saturated heterocycles. The van der Waals surface area contributed by atoms with Crippen LogP contribution in [0.5, 0.6) is 0 Å². The van der Waals surface area contributed by atoms with Gasteiger partial charge in [-0.25, -0.2) is 18.7 Å². The summed E-state index contributed by atoms with van der Waals surface area (Å²) in [6, 6.07) is 3.10. The van der Waals surface area contributed by atoms with Gasteiger partial charge in [-0.15, -0.1) is 0 Å². The van der Waals surface area contributed by atoms with E-state index in [0.717, 1.165) is 19.3 Å². The lowest BCUT2D eigenvalue weighted by atomic mass is 10.0. The Morgan fingerprint density at radius 3 is 2.67 bits per heavy atom. The summed E-state index contributed by atoms with van der Waals surface area (Å²) in [5.74, 6) is -1.53. The third-order valence-electron chi connectivity index (χ3n) is 4.07. The van der Waals surface area contributed by atoms with Crippen molar-refractivity contribution in [1.29, 1.82) is 0 Å². The molecule has 0 bridgehead atoms. The van der Waals surface area contributed by atoms with Gasteiger partial charge in [0.15, 0.2) is 23.1 Å². The number of fused-ring (bicyclic) bond motifs is 1. The van der Waals surface area contributed by atoms with Crippen molar-refractivity contribution >= 4 is 16.9 Å². The molecule has 0 fully saturated rings. The molecule has 24 heavy (non-hydrogen) atoms. The summed E-state index contributed by atoms with van der Waals surface area (Å²) in [4.78, 5) is 8.37. The average molecular weight is 331 g/mol. The highest BCUT2D eigenvalue weighted by atomic mass is 19.2. The Labute approximate surface area is 138 Å². The molecule has 2 aromatic heterocycles. The van der Waals surface area contributed by atoms with Crippen LogP contribution in [0.4, 0.5) is 14.6 Å². The van der Waals surface area contributed by atoms with E-state index >= 15 is 0 Å². The van der Waals surface area contributed by atoms with Crippen LogP contribution in [0.1, 0.15) is 31.7 Å². The van der Waals surface area contributed by atoms with E-state index in [1.54, 1.807) is 19.3 Å². The molecule has 1 aromatic carbocycles. The lowest BCUT2D eigenvalue weighted by Gasteiger charge is -2.09. The topological polar surface area (TPSA) is 69.6 Å². The number of nitrogens with two attached hydrogens (primary N) is 1. The van der Waals surface area contributed by atoms with Gasteiger partial charge >= 0.3 is 0 Å². The number of benzene rings is 1. The van der Waals surface area contributed by atoms with Gasteiger partial charge in [0, 0.05) is 7.05 Å². The molecule has 7 heteroatoms. The van der Waals surface area contributed by atoms with Gasteiger partial charge in [-0.2, -0.15) is 5.10 Å². The maximum absolute atomic E-state index is 14.5. The Morgan fingerprint density at radius 1 is 1.12 bits per heavy atom. The molecule has 0 amide bonds. The molecule has 3 rings (SSSR count). The van der Waals surface area contributed by atoms with Crippen molar-refractivity contribution < 1.29 is 8.78 Å². The maximum Gasteiger partial charge on any atom is 0.170 e. The van der Waals surface area contributed by atoms with E-state index in [-0.39, 0.29) is 17.2 Å². The SMILES string of the molecule is CCCCCc1ccc(-c2nc(N)c3cnn(C)c3n2)c(F)c1F. The highest BCUT2D eigenvalue weighted by Gasteiger charge is 2.18. The van der Waals surface area contributed by atoms with E-state index in [1.807, 2.05) is 0 Å². The minimum absolute atomic E-state index is 0.00143. The number of unbranched alkanes of at least 4 members (excludes halogenated alkanes) is 2. The smallest absolute Gasteiger partial charge is 0.170 e. The van der Waals surface area contributed by atoms with Gasteiger partial charge in [0.2, 0.25) is 0 Å². The zero-order valence-corrected chi connectivity index (χ0v) is 13.7. The number of nitrogens with zero attached hydrogens (tertiary/aromatic N) is 4. The van der Waals surface area contributed by atoms with Crippen molar-refractivity contribution in [3.63, 3.8) is 0 Å². The van der Waals surface area contributed by atoms with Gasteiger partial charge in [0.25, 0.3) is 0 Å². The quantitative estimate of drug-likeness (QED) is 0.725. The zero-order valence-electron chi connectivity index (χ0n) is 13.7. The summed E-state index contributed by atoms with van der Waals surface area (Å²) in [5, 5.41) is 4.64. The van der Waals surface area contributed by atoms with Crippen LogP contribution in [-0.4, -0.2) is 19.7 Å². The molecule has 5 nitrogen and oxygen atoms in total. The van der Waals surface area contributed by atoms with Gasteiger partial charge in [-0.3, -0.25) is 4.68 Å². The largest absolute Gasteiger partial charge is 0.383 e. The molecular weight excluding hydrogens is 312 g/mol. The third kappa shape index (κ3) is 2.81. The van der Waals surface area contributed by atoms with Crippen LogP contribution in [-0.2, 0) is 13.5 Å². The molecular formula is C17H19F2N5. The lowest BCUT2D eigenvalue weighted by Crippen LogP contribution is -2.03. The summed E-state index contributed by atoms with van der Waals surface area (Å²) in [6.07, 6.45) is 4.90. The molecule has 3 aromatic rings. The van der Waals surface area contributed by atoms with E-state index in [1.165, 1.54) is 10.7 Å². The number of aryl methyl sites for hydroxylation is 2. The second kappa shape index (κ2) is 6.51. The molecule has 0 unspecified atom stereocenters. The number of hydrogen-bond acceptors (Lipinski definition) is 4. The fourth-order valence-corrected chi connectivity index (χ4v) is 2.69. The predicted octanol–water partition coefficient (Wildman–Crippen LogP) is 3.62. The van der Waals surface area contributed by atoms with Crippen LogP contribution in [0.2, 0.25) is 0 Å². The number of aromatic nitrogens is 4. The highest BCUT2D eigenvalue weighted by Crippen LogP contribution is 2.27. The minimum atomic E-state index is -0.940. The van der Waals surface area contributed by atoms with E-state index in [4.69, 9.17) is 5.73 Å². The van der Waals surface area contributed by atoms with Crippen LogP contribution in [0, 0.1) is 11.6 Å². The van der Waals surface area contributed by atoms with Gasteiger partial charge < -0.3 is 5.73 Å². The summed E-state index contributed by atoms with van der Waals surface area (Å²) in [5.41, 5.74) is 6.74. The summed E-state index contributed by atoms with van der Waals surface area (Å²) in [7, 11) is 1.70. The van der Waals surface area contributed by atoms with Crippen molar-refractivity contribution in [3.8, 4) is 11.4 Å². The molecule has 0 aliphatic rings. The minimum Gasteiger partial charge on any atom is -0.383 e. The number of hydrogen-bond donors (Lipinski definition) is 1. The Balaban J connectivity index is 2.03. The second-order valence-electron chi connectivity index (χ2n) is 5.80. The van der Waals surface area contributed by atoms with Gasteiger partial charge in [0.05, 0.1) is 17.1 Å². The Morgan fingerprint density at radius 2 is 1.92 bits per heavy atom. The summed E-state index contributed by atoms with van der Waals surface area (Å²) < 4.78 is 30.3. The van der Waals surface area contributed by atoms with Crippen molar-refractivity contribution in [2.24, 2.45) is 7.05 Å². The maximum atomic E-state index is 14.5. The average Bonchev–Trinajstić information content (AvgIpc) is 2.94. The highest BCUT2D eigenvalue weighted by molar-refractivity contribution is 5.86. The Hall–Kier alpha value is -2.57. The van der Waals surface area contributed by atoms with Crippen LogP contribution < -0.4 is 5.73 Å².